The third-order valence-corrected chi connectivity index (χ3v) is 12.5. The molecule has 0 saturated carbocycles. The van der Waals surface area contributed by atoms with Gasteiger partial charge in [0.05, 0.1) is 16.7 Å². The lowest BCUT2D eigenvalue weighted by molar-refractivity contribution is 0.569. The molecule has 0 spiro atoms. The minimum Gasteiger partial charge on any atom is -0.310 e. The largest absolute Gasteiger partial charge is 0.310 e. The molecular weight excluding hydrogens is 749 g/mol. The van der Waals surface area contributed by atoms with Gasteiger partial charge < -0.3 is 9.47 Å². The van der Waals surface area contributed by atoms with Crippen LogP contribution < -0.4 is 4.90 Å². The van der Waals surface area contributed by atoms with Crippen LogP contribution >= 0.6 is 0 Å². The third-order valence-electron chi connectivity index (χ3n) is 12.5. The summed E-state index contributed by atoms with van der Waals surface area (Å²) in [5.41, 5.74) is 16.8. The van der Waals surface area contributed by atoms with Gasteiger partial charge in [-0.1, -0.05) is 199 Å². The average Bonchev–Trinajstić information content (AvgIpc) is 3.63. The van der Waals surface area contributed by atoms with E-state index in [1.54, 1.807) is 0 Å². The number of fused-ring (bicyclic) bond motifs is 4. The Hall–Kier alpha value is -7.16. The zero-order valence-corrected chi connectivity index (χ0v) is 36.5. The molecule has 0 unspecified atom stereocenters. The Morgan fingerprint density at radius 3 is 1.61 bits per heavy atom. The quantitative estimate of drug-likeness (QED) is 0.156. The molecule has 0 atom stereocenters. The summed E-state index contributed by atoms with van der Waals surface area (Å²) in [6.45, 7) is 13.9. The van der Waals surface area contributed by atoms with E-state index in [1.165, 1.54) is 77.1 Å². The fourth-order valence-electron chi connectivity index (χ4n) is 9.17. The molecule has 0 radical (unpaired) electrons. The molecule has 0 aliphatic rings. The van der Waals surface area contributed by atoms with Crippen molar-refractivity contribution in [2.24, 2.45) is 0 Å². The van der Waals surface area contributed by atoms with Gasteiger partial charge in [-0.2, -0.15) is 0 Å². The Labute approximate surface area is 366 Å². The molecule has 0 fully saturated rings. The number of hydrogen-bond acceptors (Lipinski definition) is 1. The van der Waals surface area contributed by atoms with E-state index in [-0.39, 0.29) is 10.8 Å². The normalized spacial score (nSPS) is 12.0. The highest BCUT2D eigenvalue weighted by Gasteiger charge is 2.24. The monoisotopic (exact) mass is 800 g/mol. The summed E-state index contributed by atoms with van der Waals surface area (Å²) < 4.78 is 2.41. The van der Waals surface area contributed by atoms with Crippen molar-refractivity contribution in [1.29, 1.82) is 0 Å². The Morgan fingerprint density at radius 1 is 0.371 bits per heavy atom. The standard InChI is InChI=1S/C60H52N2/c1-59(2,3)45-37-44(38-46(39-45)60(4,5)6)50-27-17-21-43-22-18-28-54(58(43)50)52-26-14-15-29-55(52)61(48-33-31-42(32-34-48)41-19-9-7-10-20-41)49-35-36-53-51-25-13-16-30-56(51)62(57(53)40-49)47-23-11-8-12-24-47/h7-40H,1-6H3. The molecule has 1 aromatic heterocycles. The summed E-state index contributed by atoms with van der Waals surface area (Å²) in [5, 5.41) is 4.95. The molecule has 2 nitrogen and oxygen atoms in total. The van der Waals surface area contributed by atoms with Gasteiger partial charge >= 0.3 is 0 Å². The van der Waals surface area contributed by atoms with Crippen molar-refractivity contribution in [3.05, 3.63) is 217 Å². The van der Waals surface area contributed by atoms with Gasteiger partial charge in [-0.05, 0) is 109 Å². The van der Waals surface area contributed by atoms with Crippen LogP contribution in [0.15, 0.2) is 206 Å². The molecule has 0 saturated heterocycles. The average molecular weight is 801 g/mol. The molecule has 0 aliphatic heterocycles. The topological polar surface area (TPSA) is 8.17 Å². The van der Waals surface area contributed by atoms with Crippen LogP contribution in [0.2, 0.25) is 0 Å². The number of aromatic nitrogens is 1. The van der Waals surface area contributed by atoms with Crippen LogP contribution in [0.5, 0.6) is 0 Å². The van der Waals surface area contributed by atoms with Gasteiger partial charge in [0.1, 0.15) is 0 Å². The highest BCUT2D eigenvalue weighted by molar-refractivity contribution is 6.12. The number of para-hydroxylation sites is 3. The predicted octanol–water partition coefficient (Wildman–Crippen LogP) is 17.0. The summed E-state index contributed by atoms with van der Waals surface area (Å²) in [7, 11) is 0. The molecule has 9 aromatic carbocycles. The smallest absolute Gasteiger partial charge is 0.0561 e. The maximum Gasteiger partial charge on any atom is 0.0561 e. The molecule has 2 heteroatoms. The van der Waals surface area contributed by atoms with Crippen molar-refractivity contribution in [3.8, 4) is 39.1 Å². The van der Waals surface area contributed by atoms with Crippen molar-refractivity contribution >= 4 is 49.6 Å². The number of hydrogen-bond donors (Lipinski definition) is 0. The summed E-state index contributed by atoms with van der Waals surface area (Å²) in [5.74, 6) is 0. The van der Waals surface area contributed by atoms with Crippen LogP contribution in [0.3, 0.4) is 0 Å². The SMILES string of the molecule is CC(C)(C)c1cc(-c2cccc3cccc(-c4ccccc4N(c4ccc(-c5ccccc5)cc4)c4ccc5c6ccccc6n(-c6ccccc6)c5c4)c23)cc(C(C)(C)C)c1. The summed E-state index contributed by atoms with van der Waals surface area (Å²) >= 11 is 0. The zero-order chi connectivity index (χ0) is 42.6. The van der Waals surface area contributed by atoms with Crippen LogP contribution in [0, 0.1) is 0 Å². The van der Waals surface area contributed by atoms with E-state index in [4.69, 9.17) is 0 Å². The maximum atomic E-state index is 2.45. The molecule has 0 N–H and O–H groups in total. The Morgan fingerprint density at radius 2 is 0.919 bits per heavy atom. The number of nitrogens with zero attached hydrogens (tertiary/aromatic N) is 2. The van der Waals surface area contributed by atoms with Crippen LogP contribution in [-0.2, 0) is 10.8 Å². The summed E-state index contributed by atoms with van der Waals surface area (Å²) in [6.07, 6.45) is 0. The lowest BCUT2D eigenvalue weighted by Crippen LogP contribution is -2.16. The van der Waals surface area contributed by atoms with Crippen molar-refractivity contribution in [2.75, 3.05) is 4.90 Å². The fourth-order valence-corrected chi connectivity index (χ4v) is 9.17. The van der Waals surface area contributed by atoms with Gasteiger partial charge in [-0.25, -0.2) is 0 Å². The molecular formula is C60H52N2. The van der Waals surface area contributed by atoms with Gasteiger partial charge in [-0.15, -0.1) is 0 Å². The van der Waals surface area contributed by atoms with Gasteiger partial charge in [0.15, 0.2) is 0 Å². The molecule has 0 bridgehead atoms. The van der Waals surface area contributed by atoms with Crippen LogP contribution in [0.1, 0.15) is 52.7 Å². The van der Waals surface area contributed by atoms with E-state index >= 15 is 0 Å². The minimum atomic E-state index is -0.0000950. The molecule has 10 aromatic rings. The highest BCUT2D eigenvalue weighted by atomic mass is 15.1. The first kappa shape index (κ1) is 39.0. The van der Waals surface area contributed by atoms with Gasteiger partial charge in [0.25, 0.3) is 0 Å². The molecule has 62 heavy (non-hydrogen) atoms. The van der Waals surface area contributed by atoms with Crippen LogP contribution in [0.4, 0.5) is 17.1 Å². The Balaban J connectivity index is 1.22. The second-order valence-electron chi connectivity index (χ2n) is 18.7. The first-order valence-corrected chi connectivity index (χ1v) is 21.8. The Kier molecular flexibility index (Phi) is 9.68. The lowest BCUT2D eigenvalue weighted by Gasteiger charge is -2.29. The van der Waals surface area contributed by atoms with E-state index in [0.717, 1.165) is 22.7 Å². The summed E-state index contributed by atoms with van der Waals surface area (Å²) in [4.78, 5) is 2.45. The molecule has 0 aliphatic carbocycles. The van der Waals surface area contributed by atoms with E-state index in [2.05, 4.69) is 257 Å². The predicted molar refractivity (Wildman–Crippen MR) is 267 cm³/mol. The third kappa shape index (κ3) is 7.06. The van der Waals surface area contributed by atoms with Crippen LogP contribution in [-0.4, -0.2) is 4.57 Å². The highest BCUT2D eigenvalue weighted by Crippen LogP contribution is 2.47. The molecule has 10 rings (SSSR count). The van der Waals surface area contributed by atoms with E-state index in [1.807, 2.05) is 0 Å². The Bertz CT molecular complexity index is 3190. The van der Waals surface area contributed by atoms with Crippen molar-refractivity contribution in [1.82, 2.24) is 4.57 Å². The first-order chi connectivity index (χ1) is 30.0. The van der Waals surface area contributed by atoms with E-state index < -0.39 is 0 Å². The second kappa shape index (κ2) is 15.4. The number of rotatable bonds is 7. The zero-order valence-electron chi connectivity index (χ0n) is 36.5. The van der Waals surface area contributed by atoms with Crippen LogP contribution in [0.25, 0.3) is 71.6 Å². The second-order valence-corrected chi connectivity index (χ2v) is 18.7. The minimum absolute atomic E-state index is 0.0000950. The molecule has 1 heterocycles. The van der Waals surface area contributed by atoms with E-state index in [0.29, 0.717) is 0 Å². The lowest BCUT2D eigenvalue weighted by atomic mass is 9.78. The van der Waals surface area contributed by atoms with Gasteiger partial charge in [-0.3, -0.25) is 0 Å². The van der Waals surface area contributed by atoms with E-state index in [9.17, 15) is 0 Å². The number of benzene rings is 9. The van der Waals surface area contributed by atoms with Crippen molar-refractivity contribution in [2.45, 2.75) is 52.4 Å². The molecule has 302 valence electrons. The molecule has 0 amide bonds. The maximum absolute atomic E-state index is 2.45. The van der Waals surface area contributed by atoms with Crippen molar-refractivity contribution < 1.29 is 0 Å². The van der Waals surface area contributed by atoms with Gasteiger partial charge in [0, 0.05) is 33.4 Å². The van der Waals surface area contributed by atoms with Crippen molar-refractivity contribution in [3.63, 3.8) is 0 Å². The number of anilines is 3. The first-order valence-electron chi connectivity index (χ1n) is 21.8. The summed E-state index contributed by atoms with van der Waals surface area (Å²) in [6, 6.07) is 76.0. The fraction of sp³-hybridized carbons (Fsp3) is 0.133. The van der Waals surface area contributed by atoms with Gasteiger partial charge in [0.2, 0.25) is 0 Å².